The van der Waals surface area contributed by atoms with E-state index in [0.717, 1.165) is 11.1 Å². The molecule has 26 heavy (non-hydrogen) atoms. The van der Waals surface area contributed by atoms with E-state index in [-0.39, 0.29) is 16.8 Å². The van der Waals surface area contributed by atoms with Crippen LogP contribution in [0.4, 0.5) is 0 Å². The Hall–Kier alpha value is -2.25. The summed E-state index contributed by atoms with van der Waals surface area (Å²) in [5, 5.41) is 0. The van der Waals surface area contributed by atoms with Gasteiger partial charge in [-0.15, -0.1) is 0 Å². The van der Waals surface area contributed by atoms with Gasteiger partial charge in [0.05, 0.1) is 10.5 Å². The number of likely N-dealkylation sites (tertiary alicyclic amines) is 1. The molecule has 3 rings (SSSR count). The summed E-state index contributed by atoms with van der Waals surface area (Å²) < 4.78 is 28.0. The number of hydrogen-bond acceptors (Lipinski definition) is 4. The second-order valence-corrected chi connectivity index (χ2v) is 8.39. The zero-order valence-electron chi connectivity index (χ0n) is 15.0. The van der Waals surface area contributed by atoms with Crippen molar-refractivity contribution in [2.75, 3.05) is 13.1 Å². The topological polar surface area (TPSA) is 79.4 Å². The van der Waals surface area contributed by atoms with Gasteiger partial charge in [0.25, 0.3) is 5.91 Å². The smallest absolute Gasteiger partial charge is 0.255 e. The van der Waals surface area contributed by atoms with Gasteiger partial charge in [-0.25, -0.2) is 13.1 Å². The zero-order chi connectivity index (χ0) is 18.7. The first-order valence-corrected chi connectivity index (χ1v) is 10.1. The molecular weight excluding hydrogens is 350 g/mol. The number of sulfonamides is 1. The van der Waals surface area contributed by atoms with Gasteiger partial charge in [-0.1, -0.05) is 6.07 Å². The van der Waals surface area contributed by atoms with Gasteiger partial charge in [0.2, 0.25) is 10.0 Å². The van der Waals surface area contributed by atoms with Crippen molar-refractivity contribution in [3.8, 4) is 0 Å². The van der Waals surface area contributed by atoms with Crippen LogP contribution < -0.4 is 4.72 Å². The summed E-state index contributed by atoms with van der Waals surface area (Å²) in [6, 6.07) is 8.45. The summed E-state index contributed by atoms with van der Waals surface area (Å²) in [5.41, 5.74) is 2.57. The van der Waals surface area contributed by atoms with Gasteiger partial charge in [0.1, 0.15) is 0 Å². The van der Waals surface area contributed by atoms with Crippen molar-refractivity contribution in [2.24, 2.45) is 0 Å². The SMILES string of the molecule is Cc1ccc(S(=O)(=O)NC2CCN(C(=O)c3cccnc3)CC2)cc1C. The van der Waals surface area contributed by atoms with Gasteiger partial charge >= 0.3 is 0 Å². The summed E-state index contributed by atoms with van der Waals surface area (Å²) in [6.07, 6.45) is 4.37. The molecule has 0 spiro atoms. The summed E-state index contributed by atoms with van der Waals surface area (Å²) in [6.45, 7) is 4.90. The minimum atomic E-state index is -3.55. The number of pyridine rings is 1. The number of rotatable bonds is 4. The lowest BCUT2D eigenvalue weighted by atomic mass is 10.1. The predicted molar refractivity (Wildman–Crippen MR) is 99.4 cm³/mol. The van der Waals surface area contributed by atoms with Crippen LogP contribution in [-0.4, -0.2) is 43.3 Å². The van der Waals surface area contributed by atoms with Crippen molar-refractivity contribution in [3.63, 3.8) is 0 Å². The predicted octanol–water partition coefficient (Wildman–Crippen LogP) is 2.28. The minimum Gasteiger partial charge on any atom is -0.338 e. The van der Waals surface area contributed by atoms with E-state index in [4.69, 9.17) is 0 Å². The Bertz CT molecular complexity index is 890. The van der Waals surface area contributed by atoms with E-state index in [1.54, 1.807) is 41.6 Å². The monoisotopic (exact) mass is 373 g/mol. The molecule has 1 N–H and O–H groups in total. The van der Waals surface area contributed by atoms with Crippen LogP contribution in [0.2, 0.25) is 0 Å². The Morgan fingerprint density at radius 2 is 1.88 bits per heavy atom. The standard InChI is InChI=1S/C19H23N3O3S/c1-14-5-6-18(12-15(14)2)26(24,25)21-17-7-10-22(11-8-17)19(23)16-4-3-9-20-13-16/h3-6,9,12-13,17,21H,7-8,10-11H2,1-2H3. The lowest BCUT2D eigenvalue weighted by Gasteiger charge is -2.32. The van der Waals surface area contributed by atoms with Gasteiger partial charge in [-0.2, -0.15) is 0 Å². The summed E-state index contributed by atoms with van der Waals surface area (Å²) in [7, 11) is -3.55. The van der Waals surface area contributed by atoms with Crippen LogP contribution in [0.1, 0.15) is 34.3 Å². The Balaban J connectivity index is 1.61. The van der Waals surface area contributed by atoms with E-state index >= 15 is 0 Å². The van der Waals surface area contributed by atoms with Gasteiger partial charge in [0.15, 0.2) is 0 Å². The molecule has 1 aromatic carbocycles. The molecule has 1 saturated heterocycles. The molecule has 0 bridgehead atoms. The number of carbonyl (C=O) groups excluding carboxylic acids is 1. The molecule has 7 heteroatoms. The number of benzene rings is 1. The Morgan fingerprint density at radius 3 is 2.50 bits per heavy atom. The summed E-state index contributed by atoms with van der Waals surface area (Å²) in [4.78, 5) is 18.4. The molecule has 1 aliphatic rings. The highest BCUT2D eigenvalue weighted by molar-refractivity contribution is 7.89. The van der Waals surface area contributed by atoms with Crippen LogP contribution in [0.3, 0.4) is 0 Å². The molecule has 2 aromatic rings. The van der Waals surface area contributed by atoms with E-state index in [1.165, 1.54) is 0 Å². The number of amides is 1. The fraction of sp³-hybridized carbons (Fsp3) is 0.368. The molecule has 0 saturated carbocycles. The summed E-state index contributed by atoms with van der Waals surface area (Å²) in [5.74, 6) is -0.0615. The lowest BCUT2D eigenvalue weighted by Crippen LogP contribution is -2.46. The van der Waals surface area contributed by atoms with Crippen molar-refractivity contribution >= 4 is 15.9 Å². The van der Waals surface area contributed by atoms with Crippen LogP contribution in [0.15, 0.2) is 47.6 Å². The number of hydrogen-bond donors (Lipinski definition) is 1. The van der Waals surface area contributed by atoms with Crippen molar-refractivity contribution in [2.45, 2.75) is 37.6 Å². The quantitative estimate of drug-likeness (QED) is 0.892. The number of carbonyl (C=O) groups is 1. The van der Waals surface area contributed by atoms with Crippen LogP contribution in [-0.2, 0) is 10.0 Å². The molecule has 138 valence electrons. The van der Waals surface area contributed by atoms with Crippen molar-refractivity contribution in [1.29, 1.82) is 0 Å². The van der Waals surface area contributed by atoms with Gasteiger partial charge in [-0.05, 0) is 62.1 Å². The molecule has 0 atom stereocenters. The van der Waals surface area contributed by atoms with Crippen LogP contribution in [0, 0.1) is 13.8 Å². The third-order valence-electron chi connectivity index (χ3n) is 4.80. The molecule has 0 aliphatic carbocycles. The van der Waals surface area contributed by atoms with Crippen molar-refractivity contribution in [1.82, 2.24) is 14.6 Å². The van der Waals surface area contributed by atoms with Gasteiger partial charge < -0.3 is 4.90 Å². The fourth-order valence-electron chi connectivity index (χ4n) is 3.04. The number of aromatic nitrogens is 1. The number of piperidine rings is 1. The minimum absolute atomic E-state index is 0.0615. The van der Waals surface area contributed by atoms with Crippen LogP contribution >= 0.6 is 0 Å². The molecule has 0 unspecified atom stereocenters. The highest BCUT2D eigenvalue weighted by Crippen LogP contribution is 2.18. The van der Waals surface area contributed by atoms with E-state index in [1.807, 2.05) is 19.9 Å². The summed E-state index contributed by atoms with van der Waals surface area (Å²) >= 11 is 0. The maximum absolute atomic E-state index is 12.6. The van der Waals surface area contributed by atoms with Gasteiger partial charge in [-0.3, -0.25) is 9.78 Å². The van der Waals surface area contributed by atoms with E-state index in [2.05, 4.69) is 9.71 Å². The average Bonchev–Trinajstić information content (AvgIpc) is 2.64. The molecule has 6 nitrogen and oxygen atoms in total. The van der Waals surface area contributed by atoms with E-state index < -0.39 is 10.0 Å². The van der Waals surface area contributed by atoms with E-state index in [0.29, 0.717) is 31.5 Å². The fourth-order valence-corrected chi connectivity index (χ4v) is 4.43. The first kappa shape index (κ1) is 18.5. The second kappa shape index (κ2) is 7.55. The number of nitrogens with zero attached hydrogens (tertiary/aromatic N) is 2. The van der Waals surface area contributed by atoms with Crippen molar-refractivity contribution in [3.05, 3.63) is 59.4 Å². The van der Waals surface area contributed by atoms with E-state index in [9.17, 15) is 13.2 Å². The van der Waals surface area contributed by atoms with Crippen molar-refractivity contribution < 1.29 is 13.2 Å². The molecule has 0 radical (unpaired) electrons. The lowest BCUT2D eigenvalue weighted by molar-refractivity contribution is 0.0711. The molecule has 1 amide bonds. The Labute approximate surface area is 154 Å². The van der Waals surface area contributed by atoms with Crippen LogP contribution in [0.25, 0.3) is 0 Å². The maximum atomic E-state index is 12.6. The largest absolute Gasteiger partial charge is 0.338 e. The number of aryl methyl sites for hydroxylation is 2. The zero-order valence-corrected chi connectivity index (χ0v) is 15.8. The second-order valence-electron chi connectivity index (χ2n) is 6.68. The first-order chi connectivity index (χ1) is 12.4. The Kier molecular flexibility index (Phi) is 5.38. The highest BCUT2D eigenvalue weighted by atomic mass is 32.2. The normalized spacial score (nSPS) is 15.8. The van der Waals surface area contributed by atoms with Crippen LogP contribution in [0.5, 0.6) is 0 Å². The molecule has 2 heterocycles. The number of nitrogens with one attached hydrogen (secondary N) is 1. The third kappa shape index (κ3) is 4.11. The molecular formula is C19H23N3O3S. The average molecular weight is 373 g/mol. The first-order valence-electron chi connectivity index (χ1n) is 8.66. The Morgan fingerprint density at radius 1 is 1.15 bits per heavy atom. The molecule has 1 aliphatic heterocycles. The molecule has 1 aromatic heterocycles. The maximum Gasteiger partial charge on any atom is 0.255 e. The highest BCUT2D eigenvalue weighted by Gasteiger charge is 2.27. The van der Waals surface area contributed by atoms with Gasteiger partial charge in [0, 0.05) is 31.5 Å². The third-order valence-corrected chi connectivity index (χ3v) is 6.32. The molecule has 1 fully saturated rings.